The Kier molecular flexibility index (Phi) is 2.16. The van der Waals surface area contributed by atoms with Gasteiger partial charge in [0.05, 0.1) is 0 Å². The standard InChI is InChI=1S/C17H22/c1-2-8-17(9-3-4-10-17)16(5-1)15-12-13-6-7-14(15)11-13/h3,6-7,9,12-14,16H,1-2,4-5,8,10-11H2. The SMILES string of the molecule is C1=CC2(CC1)CCCCC2C1=CC2C=CC1C2. The Morgan fingerprint density at radius 3 is 2.82 bits per heavy atom. The molecule has 0 aromatic heterocycles. The summed E-state index contributed by atoms with van der Waals surface area (Å²) < 4.78 is 0. The summed E-state index contributed by atoms with van der Waals surface area (Å²) in [6, 6.07) is 0. The van der Waals surface area contributed by atoms with Crippen molar-refractivity contribution in [2.45, 2.75) is 44.9 Å². The van der Waals surface area contributed by atoms with Gasteiger partial charge in [0.25, 0.3) is 0 Å². The molecule has 0 amide bonds. The molecule has 4 atom stereocenters. The van der Waals surface area contributed by atoms with Crippen LogP contribution in [0.4, 0.5) is 0 Å². The fraction of sp³-hybridized carbons (Fsp3) is 0.647. The van der Waals surface area contributed by atoms with E-state index < -0.39 is 0 Å². The van der Waals surface area contributed by atoms with Crippen LogP contribution in [-0.4, -0.2) is 0 Å². The van der Waals surface area contributed by atoms with E-state index >= 15 is 0 Å². The molecule has 17 heavy (non-hydrogen) atoms. The van der Waals surface area contributed by atoms with Gasteiger partial charge in [-0.1, -0.05) is 48.8 Å². The Hall–Kier alpha value is -0.780. The molecule has 0 heterocycles. The predicted molar refractivity (Wildman–Crippen MR) is 71.6 cm³/mol. The summed E-state index contributed by atoms with van der Waals surface area (Å²) in [5.41, 5.74) is 2.39. The zero-order chi connectivity index (χ0) is 11.3. The predicted octanol–water partition coefficient (Wildman–Crippen LogP) is 4.65. The Balaban J connectivity index is 1.67. The number of hydrogen-bond donors (Lipinski definition) is 0. The van der Waals surface area contributed by atoms with Gasteiger partial charge in [-0.2, -0.15) is 0 Å². The molecule has 4 unspecified atom stereocenters. The maximum atomic E-state index is 2.62. The summed E-state index contributed by atoms with van der Waals surface area (Å²) in [5.74, 6) is 2.49. The van der Waals surface area contributed by atoms with Crippen LogP contribution >= 0.6 is 0 Å². The van der Waals surface area contributed by atoms with Crippen molar-refractivity contribution in [3.05, 3.63) is 36.0 Å². The number of fused-ring (bicyclic) bond motifs is 2. The molecule has 1 spiro atoms. The molecule has 0 aliphatic heterocycles. The third-order valence-electron chi connectivity index (χ3n) is 5.66. The highest BCUT2D eigenvalue weighted by Crippen LogP contribution is 2.56. The molecule has 1 saturated carbocycles. The fourth-order valence-electron chi connectivity index (χ4n) is 4.86. The third kappa shape index (κ3) is 1.42. The van der Waals surface area contributed by atoms with Crippen molar-refractivity contribution < 1.29 is 0 Å². The minimum atomic E-state index is 0.572. The first-order valence-electron chi connectivity index (χ1n) is 7.45. The fourth-order valence-corrected chi connectivity index (χ4v) is 4.86. The van der Waals surface area contributed by atoms with Crippen LogP contribution in [0.15, 0.2) is 36.0 Å². The summed E-state index contributed by atoms with van der Waals surface area (Å²) in [6.07, 6.45) is 22.5. The van der Waals surface area contributed by atoms with Crippen molar-refractivity contribution in [2.24, 2.45) is 23.2 Å². The maximum absolute atomic E-state index is 2.62. The van der Waals surface area contributed by atoms with Crippen LogP contribution in [-0.2, 0) is 0 Å². The molecule has 4 aliphatic rings. The van der Waals surface area contributed by atoms with Crippen molar-refractivity contribution >= 4 is 0 Å². The summed E-state index contributed by atoms with van der Waals surface area (Å²) in [6.45, 7) is 0. The Morgan fingerprint density at radius 2 is 2.12 bits per heavy atom. The minimum Gasteiger partial charge on any atom is -0.0879 e. The molecule has 0 saturated heterocycles. The highest BCUT2D eigenvalue weighted by atomic mass is 14.5. The lowest BCUT2D eigenvalue weighted by molar-refractivity contribution is 0.172. The first kappa shape index (κ1) is 10.2. The van der Waals surface area contributed by atoms with Gasteiger partial charge in [0.1, 0.15) is 0 Å². The maximum Gasteiger partial charge on any atom is -0.00112 e. The molecule has 4 rings (SSSR count). The van der Waals surface area contributed by atoms with Gasteiger partial charge in [0, 0.05) is 0 Å². The molecular formula is C17H22. The topological polar surface area (TPSA) is 0 Å². The Labute approximate surface area is 104 Å². The van der Waals surface area contributed by atoms with Gasteiger partial charge in [-0.05, 0) is 55.3 Å². The lowest BCUT2D eigenvalue weighted by Crippen LogP contribution is -2.32. The molecule has 90 valence electrons. The lowest BCUT2D eigenvalue weighted by Gasteiger charge is -2.42. The molecule has 0 radical (unpaired) electrons. The third-order valence-corrected chi connectivity index (χ3v) is 5.66. The highest BCUT2D eigenvalue weighted by Gasteiger charge is 2.45. The van der Waals surface area contributed by atoms with Crippen LogP contribution in [0, 0.1) is 23.2 Å². The second kappa shape index (κ2) is 3.60. The summed E-state index contributed by atoms with van der Waals surface area (Å²) in [7, 11) is 0. The summed E-state index contributed by atoms with van der Waals surface area (Å²) in [4.78, 5) is 0. The van der Waals surface area contributed by atoms with Crippen LogP contribution in [0.2, 0.25) is 0 Å². The molecular weight excluding hydrogens is 204 g/mol. The molecule has 0 nitrogen and oxygen atoms in total. The zero-order valence-corrected chi connectivity index (χ0v) is 10.6. The molecule has 2 bridgehead atoms. The molecule has 0 heteroatoms. The van der Waals surface area contributed by atoms with E-state index in [0.29, 0.717) is 5.41 Å². The van der Waals surface area contributed by atoms with Crippen LogP contribution in [0.25, 0.3) is 0 Å². The average Bonchev–Trinajstić information content (AvgIpc) is 3.06. The molecule has 1 fully saturated rings. The van der Waals surface area contributed by atoms with Crippen molar-refractivity contribution in [3.8, 4) is 0 Å². The largest absolute Gasteiger partial charge is 0.0879 e. The van der Waals surface area contributed by atoms with Crippen molar-refractivity contribution in [1.29, 1.82) is 0 Å². The first-order chi connectivity index (χ1) is 8.37. The van der Waals surface area contributed by atoms with E-state index in [1.165, 1.54) is 44.9 Å². The van der Waals surface area contributed by atoms with Crippen molar-refractivity contribution in [3.63, 3.8) is 0 Å². The smallest absolute Gasteiger partial charge is 0.00112 e. The number of rotatable bonds is 1. The van der Waals surface area contributed by atoms with Crippen LogP contribution in [0.3, 0.4) is 0 Å². The van der Waals surface area contributed by atoms with Gasteiger partial charge in [0.15, 0.2) is 0 Å². The number of allylic oxidation sites excluding steroid dienone is 6. The van der Waals surface area contributed by atoms with E-state index in [2.05, 4.69) is 30.4 Å². The lowest BCUT2D eigenvalue weighted by atomic mass is 9.62. The van der Waals surface area contributed by atoms with E-state index in [1.54, 1.807) is 0 Å². The van der Waals surface area contributed by atoms with E-state index in [-0.39, 0.29) is 0 Å². The van der Waals surface area contributed by atoms with Crippen LogP contribution < -0.4 is 0 Å². The number of hydrogen-bond acceptors (Lipinski definition) is 0. The normalized spacial score (nSPS) is 47.1. The van der Waals surface area contributed by atoms with Gasteiger partial charge in [-0.25, -0.2) is 0 Å². The minimum absolute atomic E-state index is 0.572. The van der Waals surface area contributed by atoms with E-state index in [9.17, 15) is 0 Å². The summed E-state index contributed by atoms with van der Waals surface area (Å²) in [5, 5.41) is 0. The van der Waals surface area contributed by atoms with Gasteiger partial charge in [0.2, 0.25) is 0 Å². The Morgan fingerprint density at radius 1 is 1.12 bits per heavy atom. The molecule has 0 aromatic rings. The highest BCUT2D eigenvalue weighted by molar-refractivity contribution is 5.35. The molecule has 0 aromatic carbocycles. The summed E-state index contributed by atoms with van der Waals surface area (Å²) >= 11 is 0. The quantitative estimate of drug-likeness (QED) is 0.571. The molecule has 4 aliphatic carbocycles. The van der Waals surface area contributed by atoms with E-state index in [4.69, 9.17) is 0 Å². The average molecular weight is 226 g/mol. The second-order valence-electron chi connectivity index (χ2n) is 6.53. The Bertz CT molecular complexity index is 412. The monoisotopic (exact) mass is 226 g/mol. The van der Waals surface area contributed by atoms with E-state index in [1.807, 2.05) is 5.57 Å². The first-order valence-corrected chi connectivity index (χ1v) is 7.45. The van der Waals surface area contributed by atoms with Crippen molar-refractivity contribution in [2.75, 3.05) is 0 Å². The van der Waals surface area contributed by atoms with Crippen molar-refractivity contribution in [1.82, 2.24) is 0 Å². The van der Waals surface area contributed by atoms with Gasteiger partial charge < -0.3 is 0 Å². The van der Waals surface area contributed by atoms with Crippen LogP contribution in [0.5, 0.6) is 0 Å². The molecule has 0 N–H and O–H groups in total. The second-order valence-corrected chi connectivity index (χ2v) is 6.53. The van der Waals surface area contributed by atoms with Gasteiger partial charge in [-0.15, -0.1) is 0 Å². The van der Waals surface area contributed by atoms with E-state index in [0.717, 1.165) is 17.8 Å². The van der Waals surface area contributed by atoms with Gasteiger partial charge >= 0.3 is 0 Å². The van der Waals surface area contributed by atoms with Gasteiger partial charge in [-0.3, -0.25) is 0 Å². The van der Waals surface area contributed by atoms with Crippen LogP contribution in [0.1, 0.15) is 44.9 Å². The zero-order valence-electron chi connectivity index (χ0n) is 10.6.